The van der Waals surface area contributed by atoms with E-state index in [2.05, 4.69) is 4.90 Å². The highest BCUT2D eigenvalue weighted by Gasteiger charge is 2.11. The van der Waals surface area contributed by atoms with Crippen LogP contribution in [0, 0.1) is 6.92 Å². The quantitative estimate of drug-likeness (QED) is 0.718. The number of hydrogen-bond donors (Lipinski definition) is 1. The van der Waals surface area contributed by atoms with Gasteiger partial charge in [0.2, 0.25) is 0 Å². The summed E-state index contributed by atoms with van der Waals surface area (Å²) in [6, 6.07) is 2.03. The van der Waals surface area contributed by atoms with Crippen molar-refractivity contribution in [2.24, 2.45) is 5.73 Å². The molecule has 0 aliphatic carbocycles. The Morgan fingerprint density at radius 2 is 1.83 bits per heavy atom. The molecule has 0 spiro atoms. The molecule has 18 heavy (non-hydrogen) atoms. The lowest BCUT2D eigenvalue weighted by Crippen LogP contribution is -2.30. The first-order chi connectivity index (χ1) is 8.71. The van der Waals surface area contributed by atoms with Crippen LogP contribution < -0.4 is 5.73 Å². The molecule has 1 heterocycles. The van der Waals surface area contributed by atoms with Crippen LogP contribution in [0.3, 0.4) is 0 Å². The van der Waals surface area contributed by atoms with Gasteiger partial charge in [0.25, 0.3) is 0 Å². The van der Waals surface area contributed by atoms with Crippen LogP contribution in [0.15, 0.2) is 10.5 Å². The number of nitrogens with zero attached hydrogens (tertiary/aromatic N) is 1. The molecule has 0 saturated heterocycles. The zero-order chi connectivity index (χ0) is 13.4. The number of nitrogens with two attached hydrogens (primary N) is 1. The van der Waals surface area contributed by atoms with Gasteiger partial charge in [0.1, 0.15) is 11.5 Å². The van der Waals surface area contributed by atoms with E-state index in [-0.39, 0.29) is 0 Å². The molecule has 0 atom stereocenters. The van der Waals surface area contributed by atoms with E-state index >= 15 is 0 Å². The van der Waals surface area contributed by atoms with Crippen molar-refractivity contribution >= 4 is 0 Å². The Kier molecular flexibility index (Phi) is 6.97. The minimum absolute atomic E-state index is 0.441. The van der Waals surface area contributed by atoms with E-state index in [4.69, 9.17) is 19.6 Å². The maximum atomic E-state index is 5.58. The van der Waals surface area contributed by atoms with Crippen molar-refractivity contribution < 1.29 is 13.9 Å². The number of ether oxygens (including phenoxy) is 2. The van der Waals surface area contributed by atoms with Crippen LogP contribution in [0.25, 0.3) is 0 Å². The normalized spacial score (nSPS) is 11.4. The summed E-state index contributed by atoms with van der Waals surface area (Å²) >= 11 is 0. The second kappa shape index (κ2) is 8.26. The molecule has 0 saturated carbocycles. The van der Waals surface area contributed by atoms with Crippen LogP contribution in [0.4, 0.5) is 0 Å². The summed E-state index contributed by atoms with van der Waals surface area (Å²) in [5.74, 6) is 1.77. The van der Waals surface area contributed by atoms with E-state index in [1.807, 2.05) is 13.0 Å². The second-order valence-corrected chi connectivity index (χ2v) is 4.26. The molecule has 1 aromatic heterocycles. The minimum Gasteiger partial charge on any atom is -0.465 e. The standard InChI is InChI=1S/C13H24N2O3/c1-11-12(8-13(9-14)18-11)10-15(4-6-16-2)5-7-17-3/h8H,4-7,9-10,14H2,1-3H3. The van der Waals surface area contributed by atoms with Crippen molar-refractivity contribution in [3.8, 4) is 0 Å². The van der Waals surface area contributed by atoms with E-state index < -0.39 is 0 Å². The fraction of sp³-hybridized carbons (Fsp3) is 0.692. The third-order valence-electron chi connectivity index (χ3n) is 2.89. The van der Waals surface area contributed by atoms with Gasteiger partial charge in [-0.05, 0) is 13.0 Å². The molecule has 0 amide bonds. The fourth-order valence-electron chi connectivity index (χ4n) is 1.80. The summed E-state index contributed by atoms with van der Waals surface area (Å²) in [6.45, 7) is 6.43. The zero-order valence-corrected chi connectivity index (χ0v) is 11.6. The van der Waals surface area contributed by atoms with E-state index in [1.54, 1.807) is 14.2 Å². The SMILES string of the molecule is COCCN(CCOC)Cc1cc(CN)oc1C. The number of aryl methyl sites for hydroxylation is 1. The lowest BCUT2D eigenvalue weighted by Gasteiger charge is -2.21. The second-order valence-electron chi connectivity index (χ2n) is 4.26. The van der Waals surface area contributed by atoms with Gasteiger partial charge < -0.3 is 19.6 Å². The minimum atomic E-state index is 0.441. The lowest BCUT2D eigenvalue weighted by molar-refractivity contribution is 0.110. The maximum absolute atomic E-state index is 5.58. The molecule has 0 bridgehead atoms. The molecule has 1 aromatic rings. The average Bonchev–Trinajstić information content (AvgIpc) is 2.73. The van der Waals surface area contributed by atoms with Gasteiger partial charge in [-0.3, -0.25) is 4.90 Å². The Balaban J connectivity index is 2.59. The lowest BCUT2D eigenvalue weighted by atomic mass is 10.2. The molecular formula is C13H24N2O3. The van der Waals surface area contributed by atoms with Crippen LogP contribution >= 0.6 is 0 Å². The molecule has 0 aliphatic heterocycles. The Morgan fingerprint density at radius 3 is 2.28 bits per heavy atom. The summed E-state index contributed by atoms with van der Waals surface area (Å²) in [5, 5.41) is 0. The third kappa shape index (κ3) is 4.78. The van der Waals surface area contributed by atoms with Crippen molar-refractivity contribution in [2.75, 3.05) is 40.5 Å². The number of hydrogen-bond acceptors (Lipinski definition) is 5. The Hall–Kier alpha value is -0.880. The van der Waals surface area contributed by atoms with Crippen LogP contribution in [0.1, 0.15) is 17.1 Å². The van der Waals surface area contributed by atoms with Crippen molar-refractivity contribution in [3.05, 3.63) is 23.2 Å². The maximum Gasteiger partial charge on any atom is 0.118 e. The smallest absolute Gasteiger partial charge is 0.118 e. The van der Waals surface area contributed by atoms with Crippen molar-refractivity contribution in [1.82, 2.24) is 4.90 Å². The van der Waals surface area contributed by atoms with Gasteiger partial charge >= 0.3 is 0 Å². The first-order valence-corrected chi connectivity index (χ1v) is 6.19. The van der Waals surface area contributed by atoms with Gasteiger partial charge in [-0.1, -0.05) is 0 Å². The predicted molar refractivity (Wildman–Crippen MR) is 70.4 cm³/mol. The molecule has 0 fully saturated rings. The van der Waals surface area contributed by atoms with Crippen LogP contribution in [-0.2, 0) is 22.6 Å². The Morgan fingerprint density at radius 1 is 1.22 bits per heavy atom. The predicted octanol–water partition coefficient (Wildman–Crippen LogP) is 1.14. The molecule has 0 unspecified atom stereocenters. The summed E-state index contributed by atoms with van der Waals surface area (Å²) in [4.78, 5) is 2.28. The van der Waals surface area contributed by atoms with Gasteiger partial charge in [-0.25, -0.2) is 0 Å². The average molecular weight is 256 g/mol. The van der Waals surface area contributed by atoms with E-state index in [0.717, 1.165) is 31.2 Å². The van der Waals surface area contributed by atoms with Gasteiger partial charge in [0, 0.05) is 39.4 Å². The summed E-state index contributed by atoms with van der Waals surface area (Å²) in [5.41, 5.74) is 6.76. The molecule has 0 aliphatic rings. The molecule has 5 heteroatoms. The van der Waals surface area contributed by atoms with Gasteiger partial charge in [0.15, 0.2) is 0 Å². The fourth-order valence-corrected chi connectivity index (χ4v) is 1.80. The summed E-state index contributed by atoms with van der Waals surface area (Å²) < 4.78 is 15.8. The largest absolute Gasteiger partial charge is 0.465 e. The topological polar surface area (TPSA) is 60.9 Å². The highest BCUT2D eigenvalue weighted by molar-refractivity contribution is 5.20. The first kappa shape index (κ1) is 15.2. The molecule has 5 nitrogen and oxygen atoms in total. The Labute approximate surface area is 109 Å². The highest BCUT2D eigenvalue weighted by atomic mass is 16.5. The monoisotopic (exact) mass is 256 g/mol. The first-order valence-electron chi connectivity index (χ1n) is 6.19. The van der Waals surface area contributed by atoms with Crippen molar-refractivity contribution in [1.29, 1.82) is 0 Å². The highest BCUT2D eigenvalue weighted by Crippen LogP contribution is 2.16. The van der Waals surface area contributed by atoms with Gasteiger partial charge in [-0.2, -0.15) is 0 Å². The molecule has 2 N–H and O–H groups in total. The van der Waals surface area contributed by atoms with Crippen LogP contribution in [0.5, 0.6) is 0 Å². The summed E-state index contributed by atoms with van der Waals surface area (Å²) in [6.07, 6.45) is 0. The number of rotatable bonds is 9. The zero-order valence-electron chi connectivity index (χ0n) is 11.6. The van der Waals surface area contributed by atoms with Crippen molar-refractivity contribution in [3.63, 3.8) is 0 Å². The number of methoxy groups -OCH3 is 2. The molecule has 0 radical (unpaired) electrons. The molecular weight excluding hydrogens is 232 g/mol. The molecule has 1 rings (SSSR count). The van der Waals surface area contributed by atoms with E-state index in [1.165, 1.54) is 5.56 Å². The Bertz CT molecular complexity index is 331. The van der Waals surface area contributed by atoms with E-state index in [9.17, 15) is 0 Å². The van der Waals surface area contributed by atoms with E-state index in [0.29, 0.717) is 19.8 Å². The molecule has 0 aromatic carbocycles. The van der Waals surface area contributed by atoms with Crippen LogP contribution in [-0.4, -0.2) is 45.4 Å². The van der Waals surface area contributed by atoms with Crippen molar-refractivity contribution in [2.45, 2.75) is 20.0 Å². The summed E-state index contributed by atoms with van der Waals surface area (Å²) in [7, 11) is 3.42. The number of furan rings is 1. The third-order valence-corrected chi connectivity index (χ3v) is 2.89. The van der Waals surface area contributed by atoms with Gasteiger partial charge in [0.05, 0.1) is 19.8 Å². The van der Waals surface area contributed by atoms with Crippen LogP contribution in [0.2, 0.25) is 0 Å². The molecule has 104 valence electrons. The van der Waals surface area contributed by atoms with Gasteiger partial charge in [-0.15, -0.1) is 0 Å².